The molecule has 1 heterocycles. The van der Waals surface area contributed by atoms with Crippen LogP contribution in [0.1, 0.15) is 20.8 Å². The molecule has 1 fully saturated rings. The van der Waals surface area contributed by atoms with Crippen LogP contribution in [0.2, 0.25) is 0 Å². The third kappa shape index (κ3) is 1.91. The van der Waals surface area contributed by atoms with Gasteiger partial charge in [0.15, 0.2) is 0 Å². The number of hydrogen-bond acceptors (Lipinski definition) is 3. The van der Waals surface area contributed by atoms with Gasteiger partial charge >= 0.3 is 0 Å². The lowest BCUT2D eigenvalue weighted by molar-refractivity contribution is -0.166. The quantitative estimate of drug-likeness (QED) is 0.663. The number of likely N-dealkylation sites (tertiary alicyclic amines) is 1. The van der Waals surface area contributed by atoms with Crippen LogP contribution in [0.4, 0.5) is 0 Å². The van der Waals surface area contributed by atoms with Gasteiger partial charge in [0.2, 0.25) is 5.91 Å². The van der Waals surface area contributed by atoms with Crippen molar-refractivity contribution in [1.29, 1.82) is 0 Å². The molecule has 1 saturated heterocycles. The van der Waals surface area contributed by atoms with E-state index in [0.717, 1.165) is 0 Å². The van der Waals surface area contributed by atoms with Gasteiger partial charge in [0.05, 0.1) is 13.1 Å². The Bertz CT molecular complexity index is 222. The largest absolute Gasteiger partial charge is 0.386 e. The molecule has 1 unspecified atom stereocenters. The van der Waals surface area contributed by atoms with Gasteiger partial charge in [-0.1, -0.05) is 20.8 Å². The molecular weight excluding hydrogens is 180 g/mol. The van der Waals surface area contributed by atoms with Gasteiger partial charge in [0.1, 0.15) is 5.60 Å². The number of amides is 1. The van der Waals surface area contributed by atoms with E-state index in [1.54, 1.807) is 4.90 Å². The summed E-state index contributed by atoms with van der Waals surface area (Å²) < 4.78 is 0. The number of carbonyl (C=O) groups is 1. The summed E-state index contributed by atoms with van der Waals surface area (Å²) in [7, 11) is 0. The molecule has 3 N–H and O–H groups in total. The Morgan fingerprint density at radius 1 is 1.50 bits per heavy atom. The average molecular weight is 200 g/mol. The molecule has 0 spiro atoms. The van der Waals surface area contributed by atoms with E-state index in [1.807, 2.05) is 20.8 Å². The zero-order chi connectivity index (χ0) is 10.9. The molecule has 0 radical (unpaired) electrons. The summed E-state index contributed by atoms with van der Waals surface area (Å²) in [5, 5.41) is 9.94. The molecule has 4 nitrogen and oxygen atoms in total. The van der Waals surface area contributed by atoms with Gasteiger partial charge in [0, 0.05) is 12.5 Å². The van der Waals surface area contributed by atoms with E-state index in [9.17, 15) is 9.90 Å². The normalized spacial score (nSPS) is 22.0. The van der Waals surface area contributed by atoms with Crippen molar-refractivity contribution in [2.24, 2.45) is 17.6 Å². The highest BCUT2D eigenvalue weighted by molar-refractivity contribution is 5.79. The molecule has 1 rings (SSSR count). The van der Waals surface area contributed by atoms with Crippen LogP contribution in [0, 0.1) is 11.8 Å². The van der Waals surface area contributed by atoms with Crippen molar-refractivity contribution < 1.29 is 9.90 Å². The summed E-state index contributed by atoms with van der Waals surface area (Å²) in [6, 6.07) is 0. The lowest BCUT2D eigenvalue weighted by atomic mass is 9.82. The smallest absolute Gasteiger partial charge is 0.226 e. The Kier molecular flexibility index (Phi) is 3.17. The van der Waals surface area contributed by atoms with E-state index >= 15 is 0 Å². The first-order chi connectivity index (χ1) is 6.40. The number of hydrogen-bond donors (Lipinski definition) is 2. The van der Waals surface area contributed by atoms with Crippen molar-refractivity contribution in [2.45, 2.75) is 26.4 Å². The third-order valence-electron chi connectivity index (χ3n) is 3.09. The predicted octanol–water partition coefficient (Wildman–Crippen LogP) is -0.189. The van der Waals surface area contributed by atoms with Crippen LogP contribution in [-0.2, 0) is 4.79 Å². The fourth-order valence-electron chi connectivity index (χ4n) is 1.55. The SMILES string of the molecule is CC(CN)C(=O)N1CC(O)(C(C)C)C1. The number of carbonyl (C=O) groups excluding carboxylic acids is 1. The zero-order valence-corrected chi connectivity index (χ0v) is 9.16. The fraction of sp³-hybridized carbons (Fsp3) is 0.900. The van der Waals surface area contributed by atoms with Gasteiger partial charge in [-0.15, -0.1) is 0 Å². The van der Waals surface area contributed by atoms with Crippen molar-refractivity contribution in [3.63, 3.8) is 0 Å². The summed E-state index contributed by atoms with van der Waals surface area (Å²) in [4.78, 5) is 13.3. The molecule has 1 aliphatic rings. The fourth-order valence-corrected chi connectivity index (χ4v) is 1.55. The Morgan fingerprint density at radius 3 is 2.36 bits per heavy atom. The molecule has 1 atom stereocenters. The van der Waals surface area contributed by atoms with Crippen molar-refractivity contribution in [2.75, 3.05) is 19.6 Å². The lowest BCUT2D eigenvalue weighted by Gasteiger charge is -2.49. The van der Waals surface area contributed by atoms with Gasteiger partial charge in [0.25, 0.3) is 0 Å². The Morgan fingerprint density at radius 2 is 2.00 bits per heavy atom. The second-order valence-corrected chi connectivity index (χ2v) is 4.59. The number of nitrogens with two attached hydrogens (primary N) is 1. The van der Waals surface area contributed by atoms with Crippen LogP contribution in [0.25, 0.3) is 0 Å². The van der Waals surface area contributed by atoms with Gasteiger partial charge < -0.3 is 15.7 Å². The maximum atomic E-state index is 11.6. The van der Waals surface area contributed by atoms with Crippen molar-refractivity contribution in [3.05, 3.63) is 0 Å². The summed E-state index contributed by atoms with van der Waals surface area (Å²) in [5.41, 5.74) is 4.73. The van der Waals surface area contributed by atoms with Gasteiger partial charge in [-0.05, 0) is 5.92 Å². The van der Waals surface area contributed by atoms with E-state index < -0.39 is 5.60 Å². The zero-order valence-electron chi connectivity index (χ0n) is 9.16. The summed E-state index contributed by atoms with van der Waals surface area (Å²) in [5.74, 6) is 0.115. The molecule has 0 aliphatic carbocycles. The topological polar surface area (TPSA) is 66.6 Å². The van der Waals surface area contributed by atoms with Crippen molar-refractivity contribution >= 4 is 5.91 Å². The van der Waals surface area contributed by atoms with Crippen LogP contribution < -0.4 is 5.73 Å². The average Bonchev–Trinajstić information content (AvgIpc) is 2.10. The highest BCUT2D eigenvalue weighted by Gasteiger charge is 2.46. The highest BCUT2D eigenvalue weighted by atomic mass is 16.3. The Balaban J connectivity index is 2.45. The first-order valence-corrected chi connectivity index (χ1v) is 5.12. The Hall–Kier alpha value is -0.610. The molecule has 0 aromatic heterocycles. The summed E-state index contributed by atoms with van der Waals surface area (Å²) in [6.07, 6.45) is 0. The van der Waals surface area contributed by atoms with Crippen LogP contribution in [-0.4, -0.2) is 41.1 Å². The van der Waals surface area contributed by atoms with Crippen LogP contribution in [0.3, 0.4) is 0 Å². The molecule has 0 bridgehead atoms. The minimum absolute atomic E-state index is 0.0535. The molecule has 82 valence electrons. The third-order valence-corrected chi connectivity index (χ3v) is 3.09. The minimum Gasteiger partial charge on any atom is -0.386 e. The van der Waals surface area contributed by atoms with E-state index in [0.29, 0.717) is 19.6 Å². The van der Waals surface area contributed by atoms with E-state index in [-0.39, 0.29) is 17.7 Å². The monoisotopic (exact) mass is 200 g/mol. The first-order valence-electron chi connectivity index (χ1n) is 5.12. The molecule has 0 aromatic rings. The Labute approximate surface area is 85.1 Å². The van der Waals surface area contributed by atoms with E-state index in [2.05, 4.69) is 0 Å². The predicted molar refractivity (Wildman–Crippen MR) is 54.6 cm³/mol. The molecule has 0 aromatic carbocycles. The maximum absolute atomic E-state index is 11.6. The molecular formula is C10H20N2O2. The minimum atomic E-state index is -0.677. The number of aliphatic hydroxyl groups is 1. The summed E-state index contributed by atoms with van der Waals surface area (Å²) >= 11 is 0. The van der Waals surface area contributed by atoms with E-state index in [4.69, 9.17) is 5.73 Å². The molecule has 1 amide bonds. The molecule has 14 heavy (non-hydrogen) atoms. The van der Waals surface area contributed by atoms with Gasteiger partial charge in [-0.2, -0.15) is 0 Å². The molecule has 0 saturated carbocycles. The van der Waals surface area contributed by atoms with Gasteiger partial charge in [-0.3, -0.25) is 4.79 Å². The lowest BCUT2D eigenvalue weighted by Crippen LogP contribution is -2.66. The van der Waals surface area contributed by atoms with Crippen molar-refractivity contribution in [3.8, 4) is 0 Å². The standard InChI is InChI=1S/C10H20N2O2/c1-7(2)10(14)5-12(6-10)9(13)8(3)4-11/h7-8,14H,4-6,11H2,1-3H3. The second kappa shape index (κ2) is 3.87. The second-order valence-electron chi connectivity index (χ2n) is 4.59. The maximum Gasteiger partial charge on any atom is 0.226 e. The van der Waals surface area contributed by atoms with Crippen LogP contribution >= 0.6 is 0 Å². The number of β-amino-alcohol motifs (C(OH)–C–C–N with tert-alkyl or cyclic N) is 1. The highest BCUT2D eigenvalue weighted by Crippen LogP contribution is 2.29. The van der Waals surface area contributed by atoms with E-state index in [1.165, 1.54) is 0 Å². The van der Waals surface area contributed by atoms with Crippen LogP contribution in [0.15, 0.2) is 0 Å². The van der Waals surface area contributed by atoms with Crippen molar-refractivity contribution in [1.82, 2.24) is 4.90 Å². The van der Waals surface area contributed by atoms with Crippen LogP contribution in [0.5, 0.6) is 0 Å². The van der Waals surface area contributed by atoms with Gasteiger partial charge in [-0.25, -0.2) is 0 Å². The first kappa shape index (κ1) is 11.5. The molecule has 1 aliphatic heterocycles. The molecule has 4 heteroatoms. The summed E-state index contributed by atoms with van der Waals surface area (Å²) in [6.45, 7) is 7.02. The number of nitrogens with zero attached hydrogens (tertiary/aromatic N) is 1. The number of rotatable bonds is 3.